The van der Waals surface area contributed by atoms with Crippen LogP contribution in [-0.4, -0.2) is 44.8 Å². The fourth-order valence-electron chi connectivity index (χ4n) is 2.52. The molecule has 1 saturated heterocycles. The number of nitrogens with one attached hydrogen (secondary N) is 2. The van der Waals surface area contributed by atoms with Gasteiger partial charge < -0.3 is 10.6 Å². The molecule has 0 saturated carbocycles. The number of hydrogen-bond donors (Lipinski definition) is 3. The number of hydrogen-bond acceptors (Lipinski definition) is 5. The van der Waals surface area contributed by atoms with Gasteiger partial charge in [0.2, 0.25) is 5.91 Å². The third-order valence-corrected chi connectivity index (χ3v) is 3.72. The normalized spacial score (nSPS) is 17.8. The van der Waals surface area contributed by atoms with Crippen LogP contribution in [0.4, 0.5) is 0 Å². The summed E-state index contributed by atoms with van der Waals surface area (Å²) >= 11 is 0. The van der Waals surface area contributed by atoms with Crippen molar-refractivity contribution in [2.75, 3.05) is 13.1 Å². The first kappa shape index (κ1) is 14.0. The van der Waals surface area contributed by atoms with E-state index in [0.29, 0.717) is 13.0 Å². The molecule has 2 aromatic rings. The zero-order chi connectivity index (χ0) is 15.9. The SMILES string of the molecule is NC(=O)C1CCN(C(=O)c2cnc3[nH]c(=O)[nH]c(=O)c3c2)C1. The van der Waals surface area contributed by atoms with Crippen LogP contribution in [0.25, 0.3) is 11.0 Å². The molecule has 0 aliphatic carbocycles. The van der Waals surface area contributed by atoms with Crippen molar-refractivity contribution in [1.82, 2.24) is 19.9 Å². The number of fused-ring (bicyclic) bond motifs is 1. The van der Waals surface area contributed by atoms with Crippen LogP contribution in [0.3, 0.4) is 0 Å². The lowest BCUT2D eigenvalue weighted by Gasteiger charge is -2.15. The van der Waals surface area contributed by atoms with Crippen molar-refractivity contribution in [2.45, 2.75) is 6.42 Å². The molecular weight excluding hydrogens is 290 g/mol. The third-order valence-electron chi connectivity index (χ3n) is 3.72. The molecule has 1 atom stereocenters. The minimum atomic E-state index is -0.659. The highest BCUT2D eigenvalue weighted by Gasteiger charge is 2.30. The predicted molar refractivity (Wildman–Crippen MR) is 76.2 cm³/mol. The monoisotopic (exact) mass is 303 g/mol. The smallest absolute Gasteiger partial charge is 0.327 e. The number of amides is 2. The molecule has 1 aliphatic rings. The quantitative estimate of drug-likeness (QED) is 0.622. The number of carbonyl (C=O) groups is 2. The Balaban J connectivity index is 1.94. The Hall–Kier alpha value is -2.97. The molecule has 22 heavy (non-hydrogen) atoms. The van der Waals surface area contributed by atoms with Gasteiger partial charge in [0, 0.05) is 19.3 Å². The van der Waals surface area contributed by atoms with E-state index in [1.54, 1.807) is 0 Å². The van der Waals surface area contributed by atoms with Gasteiger partial charge in [0.1, 0.15) is 5.65 Å². The van der Waals surface area contributed by atoms with Crippen molar-refractivity contribution in [3.63, 3.8) is 0 Å². The number of primary amides is 1. The summed E-state index contributed by atoms with van der Waals surface area (Å²) in [6, 6.07) is 1.37. The van der Waals surface area contributed by atoms with Crippen LogP contribution in [0.1, 0.15) is 16.8 Å². The van der Waals surface area contributed by atoms with E-state index in [1.807, 2.05) is 0 Å². The fourth-order valence-corrected chi connectivity index (χ4v) is 2.52. The first-order valence-electron chi connectivity index (χ1n) is 6.66. The van der Waals surface area contributed by atoms with Gasteiger partial charge in [-0.15, -0.1) is 0 Å². The first-order chi connectivity index (χ1) is 10.5. The maximum absolute atomic E-state index is 12.4. The van der Waals surface area contributed by atoms with E-state index in [4.69, 9.17) is 5.73 Å². The number of pyridine rings is 1. The van der Waals surface area contributed by atoms with Crippen molar-refractivity contribution in [3.05, 3.63) is 38.7 Å². The highest BCUT2D eigenvalue weighted by molar-refractivity contribution is 5.97. The second-order valence-corrected chi connectivity index (χ2v) is 5.17. The Morgan fingerprint density at radius 2 is 2.09 bits per heavy atom. The Bertz CT molecular complexity index is 884. The van der Waals surface area contributed by atoms with E-state index in [-0.39, 0.29) is 35.0 Å². The molecule has 9 nitrogen and oxygen atoms in total. The van der Waals surface area contributed by atoms with Crippen LogP contribution >= 0.6 is 0 Å². The van der Waals surface area contributed by atoms with E-state index in [9.17, 15) is 19.2 Å². The van der Waals surface area contributed by atoms with E-state index in [1.165, 1.54) is 17.2 Å². The van der Waals surface area contributed by atoms with Gasteiger partial charge >= 0.3 is 5.69 Å². The van der Waals surface area contributed by atoms with Crippen molar-refractivity contribution in [1.29, 1.82) is 0 Å². The standard InChI is InChI=1S/C13H13N5O4/c14-9(19)6-1-2-18(5-6)12(21)7-3-8-10(15-4-7)16-13(22)17-11(8)20/h3-4,6H,1-2,5H2,(H2,14,19)(H2,15,16,17,20,22). The lowest BCUT2D eigenvalue weighted by Crippen LogP contribution is -2.32. The largest absolute Gasteiger partial charge is 0.369 e. The summed E-state index contributed by atoms with van der Waals surface area (Å²) in [5, 5.41) is 0.121. The molecule has 1 unspecified atom stereocenters. The molecule has 114 valence electrons. The lowest BCUT2D eigenvalue weighted by molar-refractivity contribution is -0.121. The topological polar surface area (TPSA) is 142 Å². The summed E-state index contributed by atoms with van der Waals surface area (Å²) in [6.45, 7) is 0.681. The Morgan fingerprint density at radius 1 is 1.32 bits per heavy atom. The average molecular weight is 303 g/mol. The molecule has 0 radical (unpaired) electrons. The summed E-state index contributed by atoms with van der Waals surface area (Å²) < 4.78 is 0. The van der Waals surface area contributed by atoms with Crippen molar-refractivity contribution in [2.24, 2.45) is 11.7 Å². The molecule has 0 bridgehead atoms. The third kappa shape index (κ3) is 2.36. The van der Waals surface area contributed by atoms with Gasteiger partial charge in [-0.3, -0.25) is 24.4 Å². The number of nitrogens with two attached hydrogens (primary N) is 1. The van der Waals surface area contributed by atoms with Crippen LogP contribution in [-0.2, 0) is 4.79 Å². The molecule has 3 rings (SSSR count). The number of rotatable bonds is 2. The molecule has 2 aromatic heterocycles. The molecular formula is C13H13N5O4. The zero-order valence-corrected chi connectivity index (χ0v) is 11.5. The minimum absolute atomic E-state index is 0.113. The second-order valence-electron chi connectivity index (χ2n) is 5.17. The van der Waals surface area contributed by atoms with Gasteiger partial charge in [-0.1, -0.05) is 0 Å². The van der Waals surface area contributed by atoms with Gasteiger partial charge in [-0.05, 0) is 12.5 Å². The van der Waals surface area contributed by atoms with Crippen molar-refractivity contribution in [3.8, 4) is 0 Å². The number of likely N-dealkylation sites (tertiary alicyclic amines) is 1. The molecule has 1 aliphatic heterocycles. The summed E-state index contributed by atoms with van der Waals surface area (Å²) in [6.07, 6.45) is 1.81. The average Bonchev–Trinajstić information content (AvgIpc) is 2.96. The van der Waals surface area contributed by atoms with Gasteiger partial charge in [0.05, 0.1) is 16.9 Å². The molecule has 1 fully saturated rings. The Kier molecular flexibility index (Phi) is 3.24. The number of H-pyrrole nitrogens is 2. The lowest BCUT2D eigenvalue weighted by atomic mass is 10.1. The van der Waals surface area contributed by atoms with Crippen molar-refractivity contribution < 1.29 is 9.59 Å². The molecule has 9 heteroatoms. The van der Waals surface area contributed by atoms with E-state index in [0.717, 1.165) is 0 Å². The van der Waals surface area contributed by atoms with Gasteiger partial charge in [-0.25, -0.2) is 9.78 Å². The van der Waals surface area contributed by atoms with Crippen LogP contribution in [0.2, 0.25) is 0 Å². The molecule has 0 aromatic carbocycles. The van der Waals surface area contributed by atoms with Gasteiger partial charge in [0.15, 0.2) is 0 Å². The molecule has 3 heterocycles. The maximum atomic E-state index is 12.4. The number of aromatic nitrogens is 3. The Morgan fingerprint density at radius 3 is 2.77 bits per heavy atom. The highest BCUT2D eigenvalue weighted by Crippen LogP contribution is 2.18. The van der Waals surface area contributed by atoms with Crippen LogP contribution < -0.4 is 17.0 Å². The van der Waals surface area contributed by atoms with Crippen LogP contribution in [0.5, 0.6) is 0 Å². The fraction of sp³-hybridized carbons (Fsp3) is 0.308. The van der Waals surface area contributed by atoms with Gasteiger partial charge in [0.25, 0.3) is 11.5 Å². The molecule has 4 N–H and O–H groups in total. The van der Waals surface area contributed by atoms with E-state index < -0.39 is 17.2 Å². The summed E-state index contributed by atoms with van der Waals surface area (Å²) in [7, 11) is 0. The maximum Gasteiger partial charge on any atom is 0.327 e. The predicted octanol–water partition coefficient (Wildman–Crippen LogP) is -1.44. The first-order valence-corrected chi connectivity index (χ1v) is 6.66. The zero-order valence-electron chi connectivity index (χ0n) is 11.5. The second kappa shape index (κ2) is 5.10. The van der Waals surface area contributed by atoms with Crippen molar-refractivity contribution >= 4 is 22.8 Å². The summed E-state index contributed by atoms with van der Waals surface area (Å²) in [5.74, 6) is -1.11. The van der Waals surface area contributed by atoms with Crippen LogP contribution in [0, 0.1) is 5.92 Å². The van der Waals surface area contributed by atoms with Crippen LogP contribution in [0.15, 0.2) is 21.9 Å². The minimum Gasteiger partial charge on any atom is -0.369 e. The summed E-state index contributed by atoms with van der Waals surface area (Å²) in [4.78, 5) is 56.3. The molecule has 0 spiro atoms. The summed E-state index contributed by atoms with van der Waals surface area (Å²) in [5.41, 5.74) is 4.30. The Labute approximate surface area is 123 Å². The number of carbonyl (C=O) groups excluding carboxylic acids is 2. The number of aromatic amines is 2. The van der Waals surface area contributed by atoms with E-state index in [2.05, 4.69) is 15.0 Å². The highest BCUT2D eigenvalue weighted by atomic mass is 16.2. The molecule has 2 amide bonds. The number of nitrogens with zero attached hydrogens (tertiary/aromatic N) is 2. The van der Waals surface area contributed by atoms with E-state index >= 15 is 0 Å². The van der Waals surface area contributed by atoms with Gasteiger partial charge in [-0.2, -0.15) is 0 Å².